The molecule has 2 aromatic rings. The van der Waals surface area contributed by atoms with Crippen LogP contribution in [0.25, 0.3) is 0 Å². The van der Waals surface area contributed by atoms with Crippen molar-refractivity contribution in [3.8, 4) is 0 Å². The lowest BCUT2D eigenvalue weighted by Gasteiger charge is -2.37. The maximum absolute atomic E-state index is 15.6. The molecular formula is C34H50FN7O5. The highest BCUT2D eigenvalue weighted by molar-refractivity contribution is 6.11. The van der Waals surface area contributed by atoms with Gasteiger partial charge in [-0.3, -0.25) is 24.1 Å². The second-order valence-electron chi connectivity index (χ2n) is 12.5. The van der Waals surface area contributed by atoms with Crippen LogP contribution in [-0.2, 0) is 30.5 Å². The molecule has 0 bridgehead atoms. The van der Waals surface area contributed by atoms with E-state index in [1.54, 1.807) is 48.9 Å². The van der Waals surface area contributed by atoms with Gasteiger partial charge >= 0.3 is 0 Å². The molecule has 13 heteroatoms. The smallest absolute Gasteiger partial charge is 0.245 e. The molecule has 1 saturated heterocycles. The summed E-state index contributed by atoms with van der Waals surface area (Å²) in [6, 6.07) is 5.19. The van der Waals surface area contributed by atoms with Crippen LogP contribution in [-0.4, -0.2) is 95.7 Å². The van der Waals surface area contributed by atoms with E-state index in [1.165, 1.54) is 12.1 Å². The van der Waals surface area contributed by atoms with E-state index in [0.29, 0.717) is 50.7 Å². The molecule has 2 aliphatic rings. The molecule has 1 aromatic carbocycles. The molecule has 1 aliphatic heterocycles. The summed E-state index contributed by atoms with van der Waals surface area (Å²) < 4.78 is 22.5. The van der Waals surface area contributed by atoms with Gasteiger partial charge in [-0.15, -0.1) is 0 Å². The van der Waals surface area contributed by atoms with Gasteiger partial charge in [0.05, 0.1) is 18.5 Å². The first-order valence-electron chi connectivity index (χ1n) is 16.9. The van der Waals surface area contributed by atoms with Crippen LogP contribution < -0.4 is 16.0 Å². The Labute approximate surface area is 276 Å². The van der Waals surface area contributed by atoms with Crippen LogP contribution in [0.3, 0.4) is 0 Å². The Morgan fingerprint density at radius 1 is 1.00 bits per heavy atom. The van der Waals surface area contributed by atoms with Gasteiger partial charge in [-0.25, -0.2) is 9.07 Å². The zero-order valence-electron chi connectivity index (χ0n) is 28.1. The molecule has 258 valence electrons. The van der Waals surface area contributed by atoms with Gasteiger partial charge in [0.2, 0.25) is 23.6 Å². The maximum Gasteiger partial charge on any atom is 0.245 e. The number of carbonyl (C=O) groups is 4. The molecule has 1 aliphatic carbocycles. The van der Waals surface area contributed by atoms with Crippen molar-refractivity contribution >= 4 is 35.1 Å². The lowest BCUT2D eigenvalue weighted by atomic mass is 9.79. The summed E-state index contributed by atoms with van der Waals surface area (Å²) in [5, 5.41) is 12.6. The van der Waals surface area contributed by atoms with E-state index in [-0.39, 0.29) is 29.8 Å². The number of nitrogens with zero attached hydrogens (tertiary/aromatic N) is 4. The van der Waals surface area contributed by atoms with E-state index in [2.05, 4.69) is 25.9 Å². The molecule has 12 nitrogen and oxygen atoms in total. The molecule has 1 saturated carbocycles. The quantitative estimate of drug-likeness (QED) is 0.265. The molecule has 4 rings (SSSR count). The summed E-state index contributed by atoms with van der Waals surface area (Å²) >= 11 is 0. The van der Waals surface area contributed by atoms with Crippen LogP contribution in [0.4, 0.5) is 15.9 Å². The Bertz CT molecular complexity index is 1370. The Kier molecular flexibility index (Phi) is 13.3. The van der Waals surface area contributed by atoms with Crippen molar-refractivity contribution in [3.63, 3.8) is 0 Å². The summed E-state index contributed by atoms with van der Waals surface area (Å²) in [4.78, 5) is 57.3. The zero-order chi connectivity index (χ0) is 33.9. The average Bonchev–Trinajstić information content (AvgIpc) is 3.54. The van der Waals surface area contributed by atoms with Gasteiger partial charge in [-0.2, -0.15) is 5.10 Å². The number of ether oxygens (including phenoxy) is 1. The first kappa shape index (κ1) is 36.0. The van der Waals surface area contributed by atoms with Crippen molar-refractivity contribution in [3.05, 3.63) is 41.8 Å². The molecule has 0 spiro atoms. The summed E-state index contributed by atoms with van der Waals surface area (Å²) in [5.74, 6) is -3.39. The second kappa shape index (κ2) is 17.4. The van der Waals surface area contributed by atoms with E-state index < -0.39 is 35.5 Å². The Morgan fingerprint density at radius 3 is 2.34 bits per heavy atom. The third-order valence-electron chi connectivity index (χ3n) is 9.43. The number of rotatable bonds is 14. The number of piperazine rings is 1. The first-order chi connectivity index (χ1) is 22.7. The number of benzene rings is 1. The van der Waals surface area contributed by atoms with Gasteiger partial charge in [-0.05, 0) is 43.4 Å². The van der Waals surface area contributed by atoms with Gasteiger partial charge in [0.1, 0.15) is 23.6 Å². The van der Waals surface area contributed by atoms with Gasteiger partial charge in [0, 0.05) is 64.8 Å². The predicted octanol–water partition coefficient (Wildman–Crippen LogP) is 3.60. The van der Waals surface area contributed by atoms with Crippen molar-refractivity contribution in [2.24, 2.45) is 11.8 Å². The number of aryl methyl sites for hydroxylation is 1. The number of amides is 4. The third-order valence-corrected chi connectivity index (χ3v) is 9.43. The normalized spacial score (nSPS) is 17.9. The number of halogens is 1. The van der Waals surface area contributed by atoms with Gasteiger partial charge in [0.25, 0.3) is 0 Å². The average molecular weight is 656 g/mol. The van der Waals surface area contributed by atoms with Crippen molar-refractivity contribution in [1.29, 1.82) is 0 Å². The van der Waals surface area contributed by atoms with Crippen LogP contribution in [0, 0.1) is 17.7 Å². The van der Waals surface area contributed by atoms with Gasteiger partial charge < -0.3 is 25.6 Å². The molecule has 2 heterocycles. The van der Waals surface area contributed by atoms with Crippen LogP contribution >= 0.6 is 0 Å². The predicted molar refractivity (Wildman–Crippen MR) is 177 cm³/mol. The minimum Gasteiger partial charge on any atom is -0.383 e. The van der Waals surface area contributed by atoms with Crippen molar-refractivity contribution < 1.29 is 28.3 Å². The summed E-state index contributed by atoms with van der Waals surface area (Å²) in [6.07, 6.45) is 6.16. The van der Waals surface area contributed by atoms with E-state index in [4.69, 9.17) is 4.74 Å². The number of aromatic nitrogens is 2. The third kappa shape index (κ3) is 9.38. The van der Waals surface area contributed by atoms with Crippen LogP contribution in [0.15, 0.2) is 30.5 Å². The van der Waals surface area contributed by atoms with Crippen LogP contribution in [0.2, 0.25) is 0 Å². The SMILES string of the molecule is CCC(=O)N[C@@H](C(=O)N1CCN(CCOC)CC1)[C@@H](C)c1ccc(NC(=O)[C@@H](C(=O)Nc2ccnn2CC)C2CCCCC2)c(F)c1. The molecule has 1 aromatic heterocycles. The first-order valence-corrected chi connectivity index (χ1v) is 16.9. The van der Waals surface area contributed by atoms with Crippen molar-refractivity contribution in [2.45, 2.75) is 77.8 Å². The molecule has 3 atom stereocenters. The molecule has 0 radical (unpaired) electrons. The minimum absolute atomic E-state index is 0.0502. The van der Waals surface area contributed by atoms with E-state index >= 15 is 4.39 Å². The Hall–Kier alpha value is -3.84. The second-order valence-corrected chi connectivity index (χ2v) is 12.5. The summed E-state index contributed by atoms with van der Waals surface area (Å²) in [7, 11) is 1.66. The fourth-order valence-electron chi connectivity index (χ4n) is 6.51. The van der Waals surface area contributed by atoms with Gasteiger partial charge in [0.15, 0.2) is 0 Å². The highest BCUT2D eigenvalue weighted by Crippen LogP contribution is 2.33. The highest BCUT2D eigenvalue weighted by atomic mass is 19.1. The standard InChI is InChI=1S/C34H50FN7O5/c1-5-29(43)39-31(34(46)41-18-16-40(17-19-41)20-21-47-4)23(3)25-12-13-27(26(35)22-25)37-32(44)30(24-10-8-7-9-11-24)33(45)38-28-14-15-36-42(28)6-2/h12-15,22-24,30-31H,5-11,16-21H2,1-4H3,(H,37,44)(H,38,45)(H,39,43)/t23-,30-,31+/m0/s1. The fourth-order valence-corrected chi connectivity index (χ4v) is 6.51. The molecular weight excluding hydrogens is 605 g/mol. The Morgan fingerprint density at radius 2 is 1.70 bits per heavy atom. The molecule has 47 heavy (non-hydrogen) atoms. The minimum atomic E-state index is -1.00. The number of anilines is 2. The van der Waals surface area contributed by atoms with E-state index in [9.17, 15) is 19.2 Å². The highest BCUT2D eigenvalue weighted by Gasteiger charge is 2.37. The monoisotopic (exact) mass is 655 g/mol. The molecule has 3 N–H and O–H groups in total. The zero-order valence-corrected chi connectivity index (χ0v) is 28.1. The summed E-state index contributed by atoms with van der Waals surface area (Å²) in [6.45, 7) is 9.78. The molecule has 4 amide bonds. The van der Waals surface area contributed by atoms with E-state index in [1.807, 2.05) is 6.92 Å². The summed E-state index contributed by atoms with van der Waals surface area (Å²) in [5.41, 5.74) is 0.453. The topological polar surface area (TPSA) is 138 Å². The number of methoxy groups -OCH3 is 1. The largest absolute Gasteiger partial charge is 0.383 e. The maximum atomic E-state index is 15.6. The number of hydrogen-bond donors (Lipinski definition) is 3. The number of carbonyl (C=O) groups excluding carboxylic acids is 4. The molecule has 2 fully saturated rings. The lowest BCUT2D eigenvalue weighted by Crippen LogP contribution is -2.56. The van der Waals surface area contributed by atoms with Crippen LogP contribution in [0.1, 0.15) is 70.8 Å². The fraction of sp³-hybridized carbons (Fsp3) is 0.618. The van der Waals surface area contributed by atoms with Crippen molar-refractivity contribution in [1.82, 2.24) is 24.9 Å². The number of nitrogens with one attached hydrogen (secondary N) is 3. The van der Waals surface area contributed by atoms with E-state index in [0.717, 1.165) is 38.6 Å². The number of hydrogen-bond acceptors (Lipinski definition) is 7. The van der Waals surface area contributed by atoms with Gasteiger partial charge in [-0.1, -0.05) is 39.2 Å². The lowest BCUT2D eigenvalue weighted by molar-refractivity contribution is -0.138. The molecule has 0 unspecified atom stereocenters. The Balaban J connectivity index is 1.49. The van der Waals surface area contributed by atoms with Crippen molar-refractivity contribution in [2.75, 3.05) is 57.1 Å². The van der Waals surface area contributed by atoms with Crippen LogP contribution in [0.5, 0.6) is 0 Å².